The Balaban J connectivity index is 0.00000225. The molecular formula is C22H31FO5. The van der Waals surface area contributed by atoms with Crippen LogP contribution in [-0.4, -0.2) is 46.1 Å². The number of carbonyl (C=O) groups is 2. The Bertz CT molecular complexity index is 745. The van der Waals surface area contributed by atoms with E-state index in [4.69, 9.17) is 0 Å². The molecule has 4 rings (SSSR count). The first-order valence-corrected chi connectivity index (χ1v) is 10.0. The summed E-state index contributed by atoms with van der Waals surface area (Å²) in [7, 11) is 0. The van der Waals surface area contributed by atoms with Crippen molar-refractivity contribution in [1.29, 1.82) is 0 Å². The second-order valence-electron chi connectivity index (χ2n) is 9.71. The van der Waals surface area contributed by atoms with Gasteiger partial charge in [-0.25, -0.2) is 4.39 Å². The van der Waals surface area contributed by atoms with Crippen LogP contribution >= 0.6 is 0 Å². The molecule has 4 aliphatic rings. The summed E-state index contributed by atoms with van der Waals surface area (Å²) in [5, 5.41) is 20.6. The molecule has 4 aliphatic carbocycles. The van der Waals surface area contributed by atoms with Gasteiger partial charge in [-0.3, -0.25) is 9.59 Å². The fourth-order valence-electron chi connectivity index (χ4n) is 7.49. The van der Waals surface area contributed by atoms with Crippen molar-refractivity contribution in [3.63, 3.8) is 0 Å². The summed E-state index contributed by atoms with van der Waals surface area (Å²) in [5.74, 6) is -0.626. The quantitative estimate of drug-likeness (QED) is 0.745. The Labute approximate surface area is 165 Å². The van der Waals surface area contributed by atoms with E-state index in [0.29, 0.717) is 12.0 Å². The minimum Gasteiger partial charge on any atom is -0.412 e. The lowest BCUT2D eigenvalue weighted by Gasteiger charge is -2.59. The van der Waals surface area contributed by atoms with Crippen LogP contribution in [0.15, 0.2) is 23.8 Å². The van der Waals surface area contributed by atoms with E-state index >= 15 is 4.39 Å². The number of halogens is 1. The fourth-order valence-corrected chi connectivity index (χ4v) is 7.49. The molecule has 9 atom stereocenters. The Morgan fingerprint density at radius 1 is 1.32 bits per heavy atom. The van der Waals surface area contributed by atoms with Gasteiger partial charge in [0.05, 0.1) is 6.10 Å². The number of carbonyl (C=O) groups excluding carboxylic acids is 2. The summed E-state index contributed by atoms with van der Waals surface area (Å²) in [6.45, 7) is 5.53. The van der Waals surface area contributed by atoms with Crippen LogP contribution in [0.5, 0.6) is 0 Å². The van der Waals surface area contributed by atoms with Gasteiger partial charge in [0.1, 0.15) is 12.8 Å². The molecule has 3 saturated carbocycles. The lowest BCUT2D eigenvalue weighted by Crippen LogP contribution is -2.58. The van der Waals surface area contributed by atoms with E-state index in [2.05, 4.69) is 0 Å². The van der Waals surface area contributed by atoms with Gasteiger partial charge in [-0.1, -0.05) is 26.8 Å². The van der Waals surface area contributed by atoms with Gasteiger partial charge >= 0.3 is 0 Å². The molecule has 4 N–H and O–H groups in total. The van der Waals surface area contributed by atoms with E-state index < -0.39 is 29.7 Å². The number of Topliss-reactive ketones (excluding diaryl/α,β-unsaturated/α-hetero) is 1. The van der Waals surface area contributed by atoms with Gasteiger partial charge in [-0.15, -0.1) is 0 Å². The number of fused-ring (bicyclic) bond motifs is 5. The molecule has 0 saturated heterocycles. The summed E-state index contributed by atoms with van der Waals surface area (Å²) in [6, 6.07) is 0. The van der Waals surface area contributed by atoms with Crippen molar-refractivity contribution in [3.05, 3.63) is 23.8 Å². The number of hydrogen-bond donors (Lipinski definition) is 2. The first kappa shape index (κ1) is 21.3. The summed E-state index contributed by atoms with van der Waals surface area (Å²) < 4.78 is 15.2. The van der Waals surface area contributed by atoms with Gasteiger partial charge in [-0.05, 0) is 60.2 Å². The highest BCUT2D eigenvalue weighted by molar-refractivity contribution is 6.01. The smallest absolute Gasteiger partial charge is 0.178 e. The maximum Gasteiger partial charge on any atom is 0.178 e. The zero-order valence-corrected chi connectivity index (χ0v) is 16.7. The van der Waals surface area contributed by atoms with Crippen LogP contribution in [-0.2, 0) is 9.59 Å². The fraction of sp³-hybridized carbons (Fsp3) is 0.727. The molecule has 6 heteroatoms. The maximum atomic E-state index is 15.2. The zero-order valence-electron chi connectivity index (χ0n) is 16.7. The lowest BCUT2D eigenvalue weighted by atomic mass is 9.46. The molecule has 0 heterocycles. The van der Waals surface area contributed by atoms with E-state index in [1.807, 2.05) is 20.8 Å². The third-order valence-corrected chi connectivity index (χ3v) is 8.32. The van der Waals surface area contributed by atoms with Crippen LogP contribution < -0.4 is 0 Å². The van der Waals surface area contributed by atoms with E-state index in [1.165, 1.54) is 12.2 Å². The van der Waals surface area contributed by atoms with Crippen molar-refractivity contribution in [2.75, 3.05) is 6.61 Å². The van der Waals surface area contributed by atoms with Crippen LogP contribution in [0.25, 0.3) is 0 Å². The Hall–Kier alpha value is -1.37. The number of rotatable bonds is 2. The molecule has 0 spiro atoms. The van der Waals surface area contributed by atoms with Gasteiger partial charge in [-0.2, -0.15) is 0 Å². The largest absolute Gasteiger partial charge is 0.412 e. The van der Waals surface area contributed by atoms with E-state index in [0.717, 1.165) is 6.42 Å². The van der Waals surface area contributed by atoms with E-state index in [-0.39, 0.29) is 53.1 Å². The summed E-state index contributed by atoms with van der Waals surface area (Å²) >= 11 is 0. The van der Waals surface area contributed by atoms with Crippen LogP contribution in [0.2, 0.25) is 0 Å². The highest BCUT2D eigenvalue weighted by atomic mass is 19.1. The Morgan fingerprint density at radius 2 is 2.00 bits per heavy atom. The van der Waals surface area contributed by atoms with E-state index in [1.54, 1.807) is 6.08 Å². The zero-order chi connectivity index (χ0) is 19.7. The van der Waals surface area contributed by atoms with E-state index in [9.17, 15) is 19.8 Å². The number of aliphatic hydroxyl groups is 2. The monoisotopic (exact) mass is 394 g/mol. The number of allylic oxidation sites excluding steroid dienone is 4. The highest BCUT2D eigenvalue weighted by Crippen LogP contribution is 2.67. The minimum absolute atomic E-state index is 0. The number of aliphatic hydroxyl groups excluding tert-OH is 2. The first-order valence-electron chi connectivity index (χ1n) is 10.0. The van der Waals surface area contributed by atoms with Crippen LogP contribution in [0.4, 0.5) is 4.39 Å². The number of hydrogen-bond acceptors (Lipinski definition) is 4. The third-order valence-electron chi connectivity index (χ3n) is 8.32. The second kappa shape index (κ2) is 6.85. The van der Waals surface area contributed by atoms with Crippen molar-refractivity contribution in [1.82, 2.24) is 0 Å². The minimum atomic E-state index is -1.21. The highest BCUT2D eigenvalue weighted by Gasteiger charge is 2.65. The molecule has 3 fully saturated rings. The van der Waals surface area contributed by atoms with Crippen molar-refractivity contribution in [2.24, 2.45) is 40.4 Å². The summed E-state index contributed by atoms with van der Waals surface area (Å²) in [6.07, 6.45) is 4.39. The van der Waals surface area contributed by atoms with Crippen LogP contribution in [0.3, 0.4) is 0 Å². The molecule has 0 bridgehead atoms. The molecule has 0 amide bonds. The number of ketones is 2. The lowest BCUT2D eigenvalue weighted by molar-refractivity contribution is -0.144. The average molecular weight is 394 g/mol. The molecule has 5 nitrogen and oxygen atoms in total. The Kier molecular flexibility index (Phi) is 5.22. The average Bonchev–Trinajstić information content (AvgIpc) is 2.85. The van der Waals surface area contributed by atoms with Gasteiger partial charge in [0.2, 0.25) is 0 Å². The topological polar surface area (TPSA) is 106 Å². The van der Waals surface area contributed by atoms with Crippen LogP contribution in [0, 0.1) is 40.4 Å². The predicted molar refractivity (Wildman–Crippen MR) is 102 cm³/mol. The molecule has 0 aliphatic heterocycles. The van der Waals surface area contributed by atoms with Crippen molar-refractivity contribution in [2.45, 2.75) is 52.3 Å². The standard InChI is InChI=1S/C22H29FO4.H2O/c1-11-6-14-13-8-16(23)15-7-12(25)4-5-21(15,2)20(13)17(26)9-22(14,3)19(11)18(27)10-24;/h4-5,7,11,13-14,16-17,19-20,24,26H,6,8-10H2,1-3H3;1H2/t11-,13+,14+,16+,17+,19-,20-,21+,22+;/m1./s1. The molecular weight excluding hydrogens is 363 g/mol. The summed E-state index contributed by atoms with van der Waals surface area (Å²) in [5.41, 5.74) is -0.599. The normalized spacial score (nSPS) is 49.4. The van der Waals surface area contributed by atoms with Crippen LogP contribution in [0.1, 0.15) is 40.0 Å². The van der Waals surface area contributed by atoms with Gasteiger partial charge in [0.25, 0.3) is 0 Å². The molecule has 28 heavy (non-hydrogen) atoms. The van der Waals surface area contributed by atoms with Crippen molar-refractivity contribution < 1.29 is 29.7 Å². The number of alkyl halides is 1. The van der Waals surface area contributed by atoms with Crippen molar-refractivity contribution in [3.8, 4) is 0 Å². The summed E-state index contributed by atoms with van der Waals surface area (Å²) in [4.78, 5) is 24.3. The van der Waals surface area contributed by atoms with Gasteiger partial charge in [0.15, 0.2) is 11.6 Å². The third kappa shape index (κ3) is 2.68. The molecule has 0 radical (unpaired) electrons. The maximum absolute atomic E-state index is 15.2. The molecule has 0 unspecified atom stereocenters. The van der Waals surface area contributed by atoms with Gasteiger partial charge < -0.3 is 15.7 Å². The predicted octanol–water partition coefficient (Wildman–Crippen LogP) is 1.81. The first-order chi connectivity index (χ1) is 12.6. The SMILES string of the molecule is C[C@@H]1C[C@H]2[C@@H]3C[C@H](F)C4=CC(=O)C=C[C@]4(C)[C@H]3[C@@H](O)C[C@]2(C)[C@H]1C(=O)CO.O. The van der Waals surface area contributed by atoms with Gasteiger partial charge in [0, 0.05) is 17.3 Å². The Morgan fingerprint density at radius 3 is 2.64 bits per heavy atom. The second-order valence-corrected chi connectivity index (χ2v) is 9.71. The molecule has 156 valence electrons. The molecule has 0 aromatic carbocycles. The molecule has 0 aromatic rings. The molecule has 0 aromatic heterocycles. The van der Waals surface area contributed by atoms with Crippen molar-refractivity contribution >= 4 is 11.6 Å².